The lowest BCUT2D eigenvalue weighted by Gasteiger charge is -2.28. The number of piperidine rings is 1. The van der Waals surface area contributed by atoms with Crippen molar-refractivity contribution in [2.24, 2.45) is 5.92 Å². The van der Waals surface area contributed by atoms with E-state index in [0.717, 1.165) is 25.2 Å². The van der Waals surface area contributed by atoms with Gasteiger partial charge in [0.15, 0.2) is 0 Å². The van der Waals surface area contributed by atoms with E-state index < -0.39 is 0 Å². The van der Waals surface area contributed by atoms with Gasteiger partial charge in [-0.2, -0.15) is 0 Å². The van der Waals surface area contributed by atoms with Gasteiger partial charge in [0.2, 0.25) is 5.91 Å². The fourth-order valence-corrected chi connectivity index (χ4v) is 2.87. The third-order valence-corrected chi connectivity index (χ3v) is 4.23. The Morgan fingerprint density at radius 3 is 2.76 bits per heavy atom. The number of carbonyl (C=O) groups excluding carboxylic acids is 1. The molecule has 0 saturated carbocycles. The van der Waals surface area contributed by atoms with Crippen molar-refractivity contribution in [3.8, 4) is 0 Å². The van der Waals surface area contributed by atoms with Crippen LogP contribution in [0.3, 0.4) is 0 Å². The van der Waals surface area contributed by atoms with Crippen LogP contribution in [0.2, 0.25) is 0 Å². The molecule has 0 spiro atoms. The van der Waals surface area contributed by atoms with E-state index in [1.165, 1.54) is 12.8 Å². The van der Waals surface area contributed by atoms with E-state index >= 15 is 0 Å². The number of amides is 1. The maximum absolute atomic E-state index is 12.5. The predicted octanol–water partition coefficient (Wildman–Crippen LogP) is 2.60. The Hall–Kier alpha value is -1.42. The molecule has 0 atom stereocenters. The molecule has 1 N–H and O–H groups in total. The summed E-state index contributed by atoms with van der Waals surface area (Å²) in [6.07, 6.45) is 5.87. The second-order valence-electron chi connectivity index (χ2n) is 6.17. The molecule has 0 bridgehead atoms. The van der Waals surface area contributed by atoms with Crippen LogP contribution in [-0.2, 0) is 11.3 Å². The van der Waals surface area contributed by atoms with Gasteiger partial charge in [-0.25, -0.2) is 0 Å². The molecule has 1 aromatic rings. The summed E-state index contributed by atoms with van der Waals surface area (Å²) in [5.41, 5.74) is 0.960. The Kier molecular flexibility index (Phi) is 6.18. The average molecular weight is 289 g/mol. The zero-order valence-electron chi connectivity index (χ0n) is 13.2. The summed E-state index contributed by atoms with van der Waals surface area (Å²) in [7, 11) is 0. The minimum Gasteiger partial charge on any atom is -0.334 e. The number of rotatable bonds is 6. The molecule has 2 rings (SSSR count). The maximum atomic E-state index is 12.5. The highest BCUT2D eigenvalue weighted by atomic mass is 16.2. The molecule has 0 aromatic carbocycles. The summed E-state index contributed by atoms with van der Waals surface area (Å²) in [5.74, 6) is 0.966. The molecule has 1 aliphatic rings. The van der Waals surface area contributed by atoms with E-state index in [9.17, 15) is 4.79 Å². The SMILES string of the molecule is CC(C)N(Cc1ccccn1)C(=O)CCC1CCNCC1. The van der Waals surface area contributed by atoms with E-state index in [4.69, 9.17) is 0 Å². The standard InChI is InChI=1S/C17H27N3O/c1-14(2)20(13-16-5-3-4-10-19-16)17(21)7-6-15-8-11-18-12-9-15/h3-5,10,14-15,18H,6-9,11-13H2,1-2H3. The summed E-state index contributed by atoms with van der Waals surface area (Å²) in [6.45, 7) is 6.96. The molecule has 1 amide bonds. The predicted molar refractivity (Wildman–Crippen MR) is 84.8 cm³/mol. The lowest BCUT2D eigenvalue weighted by Crippen LogP contribution is -2.37. The smallest absolute Gasteiger partial charge is 0.223 e. The second-order valence-corrected chi connectivity index (χ2v) is 6.17. The molecule has 0 radical (unpaired) electrons. The van der Waals surface area contributed by atoms with E-state index in [-0.39, 0.29) is 11.9 Å². The molecule has 4 heteroatoms. The molecule has 21 heavy (non-hydrogen) atoms. The maximum Gasteiger partial charge on any atom is 0.223 e. The van der Waals surface area contributed by atoms with Gasteiger partial charge in [0.1, 0.15) is 0 Å². The van der Waals surface area contributed by atoms with Crippen LogP contribution >= 0.6 is 0 Å². The molecular formula is C17H27N3O. The van der Waals surface area contributed by atoms with Crippen molar-refractivity contribution < 1.29 is 4.79 Å². The first kappa shape index (κ1) is 16.0. The Morgan fingerprint density at radius 1 is 1.38 bits per heavy atom. The molecule has 1 aromatic heterocycles. The molecule has 116 valence electrons. The zero-order chi connectivity index (χ0) is 15.1. The molecule has 2 heterocycles. The van der Waals surface area contributed by atoms with Crippen molar-refractivity contribution in [2.75, 3.05) is 13.1 Å². The van der Waals surface area contributed by atoms with Crippen molar-refractivity contribution >= 4 is 5.91 Å². The summed E-state index contributed by atoms with van der Waals surface area (Å²) in [5, 5.41) is 3.37. The highest BCUT2D eigenvalue weighted by molar-refractivity contribution is 5.76. The molecule has 1 fully saturated rings. The fraction of sp³-hybridized carbons (Fsp3) is 0.647. The first-order chi connectivity index (χ1) is 10.2. The van der Waals surface area contributed by atoms with Crippen LogP contribution in [0.5, 0.6) is 0 Å². The van der Waals surface area contributed by atoms with E-state index in [0.29, 0.717) is 18.9 Å². The highest BCUT2D eigenvalue weighted by Gasteiger charge is 2.20. The second kappa shape index (κ2) is 8.13. The number of hydrogen-bond donors (Lipinski definition) is 1. The van der Waals surface area contributed by atoms with Crippen molar-refractivity contribution in [3.05, 3.63) is 30.1 Å². The monoisotopic (exact) mass is 289 g/mol. The van der Waals surface area contributed by atoms with Crippen LogP contribution in [-0.4, -0.2) is 34.9 Å². The van der Waals surface area contributed by atoms with Crippen molar-refractivity contribution in [1.82, 2.24) is 15.2 Å². The van der Waals surface area contributed by atoms with Gasteiger partial charge in [-0.3, -0.25) is 9.78 Å². The largest absolute Gasteiger partial charge is 0.334 e. The number of hydrogen-bond acceptors (Lipinski definition) is 3. The van der Waals surface area contributed by atoms with Crippen molar-refractivity contribution in [1.29, 1.82) is 0 Å². The van der Waals surface area contributed by atoms with Crippen LogP contribution in [0.4, 0.5) is 0 Å². The number of carbonyl (C=O) groups is 1. The third kappa shape index (κ3) is 5.12. The summed E-state index contributed by atoms with van der Waals surface area (Å²) >= 11 is 0. The highest BCUT2D eigenvalue weighted by Crippen LogP contribution is 2.19. The van der Waals surface area contributed by atoms with Gasteiger partial charge in [0.05, 0.1) is 12.2 Å². The van der Waals surface area contributed by atoms with Crippen molar-refractivity contribution in [2.45, 2.75) is 52.1 Å². The minimum atomic E-state index is 0.215. The Balaban J connectivity index is 1.86. The topological polar surface area (TPSA) is 45.2 Å². The number of nitrogens with one attached hydrogen (secondary N) is 1. The summed E-state index contributed by atoms with van der Waals surface area (Å²) in [4.78, 5) is 18.8. The molecule has 0 aliphatic carbocycles. The van der Waals surface area contributed by atoms with Gasteiger partial charge in [0, 0.05) is 18.7 Å². The Bertz CT molecular complexity index is 427. The lowest BCUT2D eigenvalue weighted by atomic mass is 9.93. The van der Waals surface area contributed by atoms with Crippen LogP contribution in [0.1, 0.15) is 45.2 Å². The molecule has 1 saturated heterocycles. The van der Waals surface area contributed by atoms with Gasteiger partial charge < -0.3 is 10.2 Å². The van der Waals surface area contributed by atoms with Gasteiger partial charge >= 0.3 is 0 Å². The summed E-state index contributed by atoms with van der Waals surface area (Å²) in [6, 6.07) is 6.07. The van der Waals surface area contributed by atoms with Crippen LogP contribution in [0.15, 0.2) is 24.4 Å². The quantitative estimate of drug-likeness (QED) is 0.875. The van der Waals surface area contributed by atoms with Crippen LogP contribution in [0, 0.1) is 5.92 Å². The third-order valence-electron chi connectivity index (χ3n) is 4.23. The number of nitrogens with zero attached hydrogens (tertiary/aromatic N) is 2. The lowest BCUT2D eigenvalue weighted by molar-refractivity contribution is -0.134. The Labute approximate surface area is 127 Å². The first-order valence-electron chi connectivity index (χ1n) is 8.07. The number of aromatic nitrogens is 1. The fourth-order valence-electron chi connectivity index (χ4n) is 2.87. The molecule has 1 aliphatic heterocycles. The van der Waals surface area contributed by atoms with E-state index in [1.807, 2.05) is 23.1 Å². The molecular weight excluding hydrogens is 262 g/mol. The average Bonchev–Trinajstić information content (AvgIpc) is 2.52. The van der Waals surface area contributed by atoms with Gasteiger partial charge in [-0.05, 0) is 64.3 Å². The molecule has 4 nitrogen and oxygen atoms in total. The molecule has 0 unspecified atom stereocenters. The normalized spacial score (nSPS) is 16.1. The van der Waals surface area contributed by atoms with Crippen LogP contribution < -0.4 is 5.32 Å². The van der Waals surface area contributed by atoms with Crippen LogP contribution in [0.25, 0.3) is 0 Å². The Morgan fingerprint density at radius 2 is 2.14 bits per heavy atom. The van der Waals surface area contributed by atoms with Gasteiger partial charge in [-0.15, -0.1) is 0 Å². The van der Waals surface area contributed by atoms with Gasteiger partial charge in [0.25, 0.3) is 0 Å². The van der Waals surface area contributed by atoms with Gasteiger partial charge in [-0.1, -0.05) is 6.07 Å². The summed E-state index contributed by atoms with van der Waals surface area (Å²) < 4.78 is 0. The first-order valence-corrected chi connectivity index (χ1v) is 8.07. The van der Waals surface area contributed by atoms with E-state index in [2.05, 4.69) is 24.1 Å². The van der Waals surface area contributed by atoms with Crippen molar-refractivity contribution in [3.63, 3.8) is 0 Å². The zero-order valence-corrected chi connectivity index (χ0v) is 13.2. The number of pyridine rings is 1. The van der Waals surface area contributed by atoms with E-state index in [1.54, 1.807) is 6.20 Å². The minimum absolute atomic E-state index is 0.215.